The van der Waals surface area contributed by atoms with E-state index < -0.39 is 0 Å². The van der Waals surface area contributed by atoms with Crippen LogP contribution in [0.25, 0.3) is 0 Å². The molecular weight excluding hydrogens is 384 g/mol. The molecule has 1 N–H and O–H groups in total. The van der Waals surface area contributed by atoms with E-state index in [2.05, 4.69) is 10.2 Å². The number of benzene rings is 1. The summed E-state index contributed by atoms with van der Waals surface area (Å²) >= 11 is 0. The Kier molecular flexibility index (Phi) is 4.73. The Morgan fingerprint density at radius 1 is 1.30 bits per heavy atom. The summed E-state index contributed by atoms with van der Waals surface area (Å²) in [4.78, 5) is 29.4. The summed E-state index contributed by atoms with van der Waals surface area (Å²) in [6.07, 6.45) is 4.47. The first-order valence-corrected chi connectivity index (χ1v) is 10.5. The molecule has 1 aromatic carbocycles. The first kappa shape index (κ1) is 19.1. The van der Waals surface area contributed by atoms with E-state index in [1.54, 1.807) is 12.0 Å². The fourth-order valence-electron chi connectivity index (χ4n) is 5.02. The number of amides is 2. The van der Waals surface area contributed by atoms with Crippen LogP contribution in [-0.2, 0) is 26.3 Å². The molecule has 2 aromatic rings. The van der Waals surface area contributed by atoms with Crippen molar-refractivity contribution in [2.24, 2.45) is 5.92 Å². The first-order valence-electron chi connectivity index (χ1n) is 10.5. The summed E-state index contributed by atoms with van der Waals surface area (Å²) in [5.41, 5.74) is 2.64. The Morgan fingerprint density at radius 2 is 2.10 bits per heavy atom. The van der Waals surface area contributed by atoms with Gasteiger partial charge in [0.15, 0.2) is 0 Å². The molecule has 0 bridgehead atoms. The van der Waals surface area contributed by atoms with Crippen LogP contribution in [0.1, 0.15) is 30.5 Å². The van der Waals surface area contributed by atoms with Gasteiger partial charge >= 0.3 is 0 Å². The summed E-state index contributed by atoms with van der Waals surface area (Å²) in [5.74, 6) is 0.329. The maximum atomic E-state index is 13.2. The molecule has 8 nitrogen and oxygen atoms in total. The van der Waals surface area contributed by atoms with E-state index >= 15 is 0 Å². The third-order valence-electron chi connectivity index (χ3n) is 6.66. The van der Waals surface area contributed by atoms with Crippen molar-refractivity contribution in [2.75, 3.05) is 38.3 Å². The lowest BCUT2D eigenvalue weighted by Crippen LogP contribution is -2.50. The SMILES string of the molecule is COc1ccccc1N1CC(C(=O)N2CCC3(CC2)OCCc2cn[nH]c23)CC1=O. The molecule has 0 aliphatic carbocycles. The second kappa shape index (κ2) is 7.43. The van der Waals surface area contributed by atoms with Crippen LogP contribution >= 0.6 is 0 Å². The zero-order valence-corrected chi connectivity index (χ0v) is 17.1. The van der Waals surface area contributed by atoms with Gasteiger partial charge in [-0.15, -0.1) is 0 Å². The largest absolute Gasteiger partial charge is 0.495 e. The highest BCUT2D eigenvalue weighted by Crippen LogP contribution is 2.41. The van der Waals surface area contributed by atoms with Crippen LogP contribution in [0.5, 0.6) is 5.75 Å². The molecule has 0 saturated carbocycles. The standard InChI is InChI=1S/C22H26N4O4/c1-29-18-5-3-2-4-17(18)26-14-16(12-19(26)27)21(28)25-9-7-22(8-10-25)20-15(6-11-30-22)13-23-24-20/h2-5,13,16H,6-12,14H2,1H3,(H,23,24). The number of nitrogens with zero attached hydrogens (tertiary/aromatic N) is 3. The number of nitrogens with one attached hydrogen (secondary N) is 1. The topological polar surface area (TPSA) is 87.8 Å². The number of hydrogen-bond acceptors (Lipinski definition) is 5. The summed E-state index contributed by atoms with van der Waals surface area (Å²) in [6.45, 7) is 2.32. The maximum absolute atomic E-state index is 13.2. The predicted molar refractivity (Wildman–Crippen MR) is 109 cm³/mol. The van der Waals surface area contributed by atoms with Gasteiger partial charge in [-0.05, 0) is 37.0 Å². The number of fused-ring (bicyclic) bond motifs is 2. The highest BCUT2D eigenvalue weighted by atomic mass is 16.5. The number of aromatic amines is 1. The van der Waals surface area contributed by atoms with E-state index in [0.717, 1.165) is 30.6 Å². The fraction of sp³-hybridized carbons (Fsp3) is 0.500. The van der Waals surface area contributed by atoms with Gasteiger partial charge in [-0.1, -0.05) is 12.1 Å². The molecule has 30 heavy (non-hydrogen) atoms. The Hall–Kier alpha value is -2.87. The Bertz CT molecular complexity index is 964. The number of likely N-dealkylation sites (tertiary alicyclic amines) is 1. The maximum Gasteiger partial charge on any atom is 0.228 e. The summed E-state index contributed by atoms with van der Waals surface area (Å²) in [6, 6.07) is 7.43. The number of hydrogen-bond donors (Lipinski definition) is 1. The molecule has 158 valence electrons. The molecular formula is C22H26N4O4. The van der Waals surface area contributed by atoms with E-state index in [-0.39, 0.29) is 29.8 Å². The van der Waals surface area contributed by atoms with Gasteiger partial charge in [-0.3, -0.25) is 14.7 Å². The van der Waals surface area contributed by atoms with Crippen LogP contribution in [0.15, 0.2) is 30.5 Å². The molecule has 3 aliphatic heterocycles. The van der Waals surface area contributed by atoms with Gasteiger partial charge in [-0.25, -0.2) is 0 Å². The number of anilines is 1. The van der Waals surface area contributed by atoms with Crippen molar-refractivity contribution < 1.29 is 19.1 Å². The molecule has 1 unspecified atom stereocenters. The number of ether oxygens (including phenoxy) is 2. The number of rotatable bonds is 3. The number of methoxy groups -OCH3 is 1. The molecule has 1 aromatic heterocycles. The van der Waals surface area contributed by atoms with Gasteiger partial charge < -0.3 is 19.3 Å². The van der Waals surface area contributed by atoms with Crippen LogP contribution in [-0.4, -0.2) is 60.3 Å². The zero-order valence-electron chi connectivity index (χ0n) is 17.1. The second-order valence-corrected chi connectivity index (χ2v) is 8.27. The number of H-pyrrole nitrogens is 1. The number of aromatic nitrogens is 2. The molecule has 0 radical (unpaired) electrons. The van der Waals surface area contributed by atoms with Crippen molar-refractivity contribution in [1.82, 2.24) is 15.1 Å². The smallest absolute Gasteiger partial charge is 0.228 e. The quantitative estimate of drug-likeness (QED) is 0.835. The molecule has 2 amide bonds. The minimum Gasteiger partial charge on any atom is -0.495 e. The van der Waals surface area contributed by atoms with E-state index in [9.17, 15) is 9.59 Å². The van der Waals surface area contributed by atoms with Crippen molar-refractivity contribution in [2.45, 2.75) is 31.3 Å². The summed E-state index contributed by atoms with van der Waals surface area (Å²) < 4.78 is 11.6. The number of para-hydroxylation sites is 2. The van der Waals surface area contributed by atoms with E-state index in [1.807, 2.05) is 35.4 Å². The molecule has 1 spiro atoms. The van der Waals surface area contributed by atoms with Crippen LogP contribution in [0.4, 0.5) is 5.69 Å². The monoisotopic (exact) mass is 410 g/mol. The molecule has 2 saturated heterocycles. The lowest BCUT2D eigenvalue weighted by molar-refractivity contribution is -0.145. The van der Waals surface area contributed by atoms with Crippen molar-refractivity contribution in [3.05, 3.63) is 41.7 Å². The van der Waals surface area contributed by atoms with Crippen molar-refractivity contribution in [1.29, 1.82) is 0 Å². The van der Waals surface area contributed by atoms with Gasteiger partial charge in [0, 0.05) is 26.1 Å². The Balaban J connectivity index is 1.27. The minimum atomic E-state index is -0.365. The first-order chi connectivity index (χ1) is 14.6. The average Bonchev–Trinajstić information content (AvgIpc) is 3.41. The van der Waals surface area contributed by atoms with Gasteiger partial charge in [0.05, 0.1) is 37.2 Å². The van der Waals surface area contributed by atoms with Crippen LogP contribution < -0.4 is 9.64 Å². The Labute approximate surface area is 175 Å². The summed E-state index contributed by atoms with van der Waals surface area (Å²) in [7, 11) is 1.59. The highest BCUT2D eigenvalue weighted by molar-refractivity contribution is 6.01. The third kappa shape index (κ3) is 3.06. The van der Waals surface area contributed by atoms with Crippen molar-refractivity contribution in [3.63, 3.8) is 0 Å². The van der Waals surface area contributed by atoms with E-state index in [1.165, 1.54) is 5.56 Å². The molecule has 1 atom stereocenters. The average molecular weight is 410 g/mol. The van der Waals surface area contributed by atoms with E-state index in [4.69, 9.17) is 9.47 Å². The molecule has 5 rings (SSSR count). The fourth-order valence-corrected chi connectivity index (χ4v) is 5.02. The second-order valence-electron chi connectivity index (χ2n) is 8.27. The molecule has 2 fully saturated rings. The van der Waals surface area contributed by atoms with Crippen LogP contribution in [0, 0.1) is 5.92 Å². The lowest BCUT2D eigenvalue weighted by Gasteiger charge is -2.43. The molecule has 4 heterocycles. The highest BCUT2D eigenvalue weighted by Gasteiger charge is 2.45. The van der Waals surface area contributed by atoms with Crippen molar-refractivity contribution in [3.8, 4) is 5.75 Å². The molecule has 3 aliphatic rings. The minimum absolute atomic E-state index is 0.0379. The lowest BCUT2D eigenvalue weighted by atomic mass is 9.83. The zero-order chi connectivity index (χ0) is 20.7. The van der Waals surface area contributed by atoms with E-state index in [0.29, 0.717) is 32.0 Å². The number of carbonyl (C=O) groups excluding carboxylic acids is 2. The number of piperidine rings is 1. The van der Waals surface area contributed by atoms with Gasteiger partial charge in [0.25, 0.3) is 0 Å². The predicted octanol–water partition coefficient (Wildman–Crippen LogP) is 1.86. The molecule has 8 heteroatoms. The van der Waals surface area contributed by atoms with Gasteiger partial charge in [0.2, 0.25) is 11.8 Å². The van der Waals surface area contributed by atoms with Crippen LogP contribution in [0.2, 0.25) is 0 Å². The summed E-state index contributed by atoms with van der Waals surface area (Å²) in [5, 5.41) is 7.31. The van der Waals surface area contributed by atoms with Crippen LogP contribution in [0.3, 0.4) is 0 Å². The third-order valence-corrected chi connectivity index (χ3v) is 6.66. The normalized spacial score (nSPS) is 23.0. The Morgan fingerprint density at radius 3 is 2.90 bits per heavy atom. The van der Waals surface area contributed by atoms with Gasteiger partial charge in [-0.2, -0.15) is 5.10 Å². The number of carbonyl (C=O) groups is 2. The van der Waals surface area contributed by atoms with Gasteiger partial charge in [0.1, 0.15) is 11.4 Å². The van der Waals surface area contributed by atoms with Crippen molar-refractivity contribution >= 4 is 17.5 Å².